The quantitative estimate of drug-likeness (QED) is 0.680. The third-order valence-corrected chi connectivity index (χ3v) is 4.01. The van der Waals surface area contributed by atoms with Gasteiger partial charge in [-0.15, -0.1) is 0 Å². The molecule has 0 saturated heterocycles. The van der Waals surface area contributed by atoms with Crippen LogP contribution < -0.4 is 5.32 Å². The largest absolute Gasteiger partial charge is 0.322 e. The first-order chi connectivity index (χ1) is 8.97. The predicted molar refractivity (Wildman–Crippen MR) is 85.9 cm³/mol. The van der Waals surface area contributed by atoms with Crippen molar-refractivity contribution in [1.29, 1.82) is 0 Å². The lowest BCUT2D eigenvalue weighted by Gasteiger charge is -2.10. The van der Waals surface area contributed by atoms with Crippen molar-refractivity contribution in [3.05, 3.63) is 61.4 Å². The van der Waals surface area contributed by atoms with Crippen LogP contribution in [0.3, 0.4) is 0 Å². The summed E-state index contributed by atoms with van der Waals surface area (Å²) in [6, 6.07) is 9.76. The van der Waals surface area contributed by atoms with E-state index >= 15 is 0 Å². The van der Waals surface area contributed by atoms with Crippen molar-refractivity contribution in [1.82, 2.24) is 0 Å². The number of hydrogen-bond acceptors (Lipinski definition) is 1. The Morgan fingerprint density at radius 1 is 1.26 bits per heavy atom. The van der Waals surface area contributed by atoms with Gasteiger partial charge in [-0.3, -0.25) is 4.79 Å². The summed E-state index contributed by atoms with van der Waals surface area (Å²) in [5.74, 6) is -0.592. The second-order valence-corrected chi connectivity index (χ2v) is 6.12. The summed E-state index contributed by atoms with van der Waals surface area (Å²) >= 11 is 5.31. The van der Waals surface area contributed by atoms with Crippen LogP contribution in [0.5, 0.6) is 0 Å². The molecule has 0 aliphatic rings. The number of anilines is 1. The predicted octanol–water partition coefficient (Wildman–Crippen LogP) is 4.75. The standard InChI is InChI=1S/C14H10BrFINO/c1-8-2-3-9(15)6-13(8)18-14(19)11-5-4-10(16)7-12(11)17/h2-7H,1H3,(H,18,19). The number of carbonyl (C=O) groups is 1. The van der Waals surface area contributed by atoms with Crippen LogP contribution in [0.15, 0.2) is 40.9 Å². The molecule has 0 aliphatic heterocycles. The molecule has 2 aromatic rings. The second-order valence-electron chi connectivity index (χ2n) is 4.04. The van der Waals surface area contributed by atoms with Crippen molar-refractivity contribution in [2.75, 3.05) is 5.32 Å². The molecule has 5 heteroatoms. The molecule has 19 heavy (non-hydrogen) atoms. The van der Waals surface area contributed by atoms with Gasteiger partial charge in [0.15, 0.2) is 0 Å². The van der Waals surface area contributed by atoms with Crippen molar-refractivity contribution in [2.45, 2.75) is 6.92 Å². The zero-order valence-corrected chi connectivity index (χ0v) is 13.7. The number of rotatable bonds is 2. The van der Waals surface area contributed by atoms with Crippen LogP contribution >= 0.6 is 38.5 Å². The van der Waals surface area contributed by atoms with Crippen LogP contribution in [0.2, 0.25) is 0 Å². The van der Waals surface area contributed by atoms with Gasteiger partial charge in [0.1, 0.15) is 5.82 Å². The van der Waals surface area contributed by atoms with E-state index in [4.69, 9.17) is 0 Å². The van der Waals surface area contributed by atoms with E-state index in [1.54, 1.807) is 0 Å². The number of amides is 1. The molecule has 0 unspecified atom stereocenters. The minimum Gasteiger partial charge on any atom is -0.322 e. The SMILES string of the molecule is Cc1ccc(Br)cc1NC(=O)c1ccc(F)cc1I. The lowest BCUT2D eigenvalue weighted by molar-refractivity contribution is 0.102. The fourth-order valence-electron chi connectivity index (χ4n) is 1.59. The molecule has 0 spiro atoms. The molecule has 0 heterocycles. The van der Waals surface area contributed by atoms with Crippen LogP contribution in [-0.2, 0) is 0 Å². The van der Waals surface area contributed by atoms with Gasteiger partial charge < -0.3 is 5.32 Å². The summed E-state index contributed by atoms with van der Waals surface area (Å²) in [4.78, 5) is 12.2. The normalized spacial score (nSPS) is 10.3. The van der Waals surface area contributed by atoms with Gasteiger partial charge in [0.05, 0.1) is 5.56 Å². The lowest BCUT2D eigenvalue weighted by atomic mass is 10.1. The molecule has 0 saturated carbocycles. The van der Waals surface area contributed by atoms with E-state index in [1.165, 1.54) is 18.2 Å². The van der Waals surface area contributed by atoms with E-state index in [9.17, 15) is 9.18 Å². The molecular formula is C14H10BrFINO. The van der Waals surface area contributed by atoms with E-state index < -0.39 is 0 Å². The highest BCUT2D eigenvalue weighted by Crippen LogP contribution is 2.22. The average Bonchev–Trinajstić information content (AvgIpc) is 2.33. The molecule has 0 radical (unpaired) electrons. The molecule has 0 atom stereocenters. The number of carbonyl (C=O) groups excluding carboxylic acids is 1. The van der Waals surface area contributed by atoms with Gasteiger partial charge >= 0.3 is 0 Å². The van der Waals surface area contributed by atoms with Gasteiger partial charge in [-0.25, -0.2) is 4.39 Å². The molecule has 2 aromatic carbocycles. The number of benzene rings is 2. The van der Waals surface area contributed by atoms with Gasteiger partial charge in [-0.2, -0.15) is 0 Å². The van der Waals surface area contributed by atoms with E-state index in [2.05, 4.69) is 21.2 Å². The number of nitrogens with one attached hydrogen (secondary N) is 1. The highest BCUT2D eigenvalue weighted by Gasteiger charge is 2.12. The monoisotopic (exact) mass is 433 g/mol. The highest BCUT2D eigenvalue weighted by molar-refractivity contribution is 14.1. The summed E-state index contributed by atoms with van der Waals surface area (Å²) < 4.78 is 14.5. The fourth-order valence-corrected chi connectivity index (χ4v) is 2.68. The second kappa shape index (κ2) is 6.00. The Morgan fingerprint density at radius 3 is 2.68 bits per heavy atom. The van der Waals surface area contributed by atoms with Crippen LogP contribution in [0, 0.1) is 16.3 Å². The summed E-state index contributed by atoms with van der Waals surface area (Å²) in [5.41, 5.74) is 2.16. The summed E-state index contributed by atoms with van der Waals surface area (Å²) in [6.07, 6.45) is 0. The van der Waals surface area contributed by atoms with Crippen LogP contribution in [0.25, 0.3) is 0 Å². The molecule has 0 aliphatic carbocycles. The first-order valence-corrected chi connectivity index (χ1v) is 7.37. The molecule has 0 fully saturated rings. The fraction of sp³-hybridized carbons (Fsp3) is 0.0714. The van der Waals surface area contributed by atoms with Crippen molar-refractivity contribution in [3.63, 3.8) is 0 Å². The Balaban J connectivity index is 2.28. The van der Waals surface area contributed by atoms with Crippen molar-refractivity contribution < 1.29 is 9.18 Å². The lowest BCUT2D eigenvalue weighted by Crippen LogP contribution is -2.14. The first kappa shape index (κ1) is 14.5. The van der Waals surface area contributed by atoms with Crippen molar-refractivity contribution >= 4 is 50.1 Å². The van der Waals surface area contributed by atoms with Gasteiger partial charge in [0, 0.05) is 13.7 Å². The van der Waals surface area contributed by atoms with E-state index in [0.717, 1.165) is 15.7 Å². The average molecular weight is 434 g/mol. The Bertz CT molecular complexity index is 645. The molecule has 2 nitrogen and oxygen atoms in total. The third-order valence-electron chi connectivity index (χ3n) is 2.62. The zero-order valence-electron chi connectivity index (χ0n) is 10.0. The molecule has 2 rings (SSSR count). The molecule has 0 bridgehead atoms. The Labute approximate surface area is 132 Å². The van der Waals surface area contributed by atoms with E-state index in [1.807, 2.05) is 47.7 Å². The number of hydrogen-bond donors (Lipinski definition) is 1. The van der Waals surface area contributed by atoms with Gasteiger partial charge in [-0.1, -0.05) is 22.0 Å². The Kier molecular flexibility index (Phi) is 4.57. The van der Waals surface area contributed by atoms with Crippen LogP contribution in [0.4, 0.5) is 10.1 Å². The zero-order chi connectivity index (χ0) is 14.0. The smallest absolute Gasteiger partial charge is 0.256 e. The maximum atomic E-state index is 13.0. The van der Waals surface area contributed by atoms with Gasteiger partial charge in [-0.05, 0) is 65.4 Å². The maximum absolute atomic E-state index is 13.0. The minimum atomic E-state index is -0.348. The summed E-state index contributed by atoms with van der Waals surface area (Å²) in [5, 5.41) is 2.83. The molecule has 1 N–H and O–H groups in total. The highest BCUT2D eigenvalue weighted by atomic mass is 127. The summed E-state index contributed by atoms with van der Waals surface area (Å²) in [6.45, 7) is 1.91. The number of aryl methyl sites for hydroxylation is 1. The molecule has 98 valence electrons. The van der Waals surface area contributed by atoms with Gasteiger partial charge in [0.25, 0.3) is 5.91 Å². The topological polar surface area (TPSA) is 29.1 Å². The number of halogens is 3. The van der Waals surface area contributed by atoms with Crippen LogP contribution in [0.1, 0.15) is 15.9 Å². The first-order valence-electron chi connectivity index (χ1n) is 5.50. The van der Waals surface area contributed by atoms with Crippen molar-refractivity contribution in [2.24, 2.45) is 0 Å². The maximum Gasteiger partial charge on any atom is 0.256 e. The Morgan fingerprint density at radius 2 is 2.00 bits per heavy atom. The van der Waals surface area contributed by atoms with E-state index in [-0.39, 0.29) is 11.7 Å². The van der Waals surface area contributed by atoms with E-state index in [0.29, 0.717) is 9.13 Å². The third kappa shape index (κ3) is 3.54. The Hall–Kier alpha value is -0.950. The van der Waals surface area contributed by atoms with Gasteiger partial charge in [0.2, 0.25) is 0 Å². The van der Waals surface area contributed by atoms with Crippen LogP contribution in [-0.4, -0.2) is 5.91 Å². The molecular weight excluding hydrogens is 424 g/mol. The molecule has 0 aromatic heterocycles. The summed E-state index contributed by atoms with van der Waals surface area (Å²) in [7, 11) is 0. The minimum absolute atomic E-state index is 0.245. The van der Waals surface area contributed by atoms with Crippen molar-refractivity contribution in [3.8, 4) is 0 Å². The molecule has 1 amide bonds.